The fourth-order valence-corrected chi connectivity index (χ4v) is 1.57. The first-order chi connectivity index (χ1) is 6.88. The molecule has 0 aliphatic rings. The number of nitrogens with one attached hydrogen (secondary N) is 1. The molecule has 0 aromatic heterocycles. The second-order valence-corrected chi connectivity index (χ2v) is 5.20. The van der Waals surface area contributed by atoms with Crippen LogP contribution in [0.3, 0.4) is 0 Å². The van der Waals surface area contributed by atoms with Crippen LogP contribution in [0.1, 0.15) is 20.8 Å². The average Bonchev–Trinajstić information content (AvgIpc) is 2.14. The summed E-state index contributed by atoms with van der Waals surface area (Å²) < 4.78 is 24.1. The van der Waals surface area contributed by atoms with Crippen LogP contribution in [0.2, 0.25) is 0 Å². The molecule has 0 aliphatic carbocycles. The Morgan fingerprint density at radius 3 is 2.27 bits per heavy atom. The third-order valence-electron chi connectivity index (χ3n) is 1.45. The molecule has 1 aromatic rings. The molecule has 0 radical (unpaired) electrons. The maximum atomic E-state index is 12.6. The maximum absolute atomic E-state index is 12.6. The van der Waals surface area contributed by atoms with Crippen molar-refractivity contribution in [3.63, 3.8) is 0 Å². The Bertz CT molecular complexity index is 345. The van der Waals surface area contributed by atoms with Crippen molar-refractivity contribution in [2.45, 2.75) is 31.3 Å². The van der Waals surface area contributed by atoms with Gasteiger partial charge in [0.05, 0.1) is 10.5 Å². The second kappa shape index (κ2) is 4.83. The summed E-state index contributed by atoms with van der Waals surface area (Å²) in [6, 6.07) is 5.41. The summed E-state index contributed by atoms with van der Waals surface area (Å²) in [5.41, 5.74) is -0.421. The molecular weight excluding hydrogens is 217 g/mol. The maximum Gasteiger partial charge on any atom is 0.148 e. The Morgan fingerprint density at radius 2 is 1.80 bits per heavy atom. The van der Waals surface area contributed by atoms with Crippen molar-refractivity contribution in [2.24, 2.45) is 0 Å². The lowest BCUT2D eigenvalue weighted by Crippen LogP contribution is -2.30. The molecule has 1 aromatic carbocycles. The Kier molecular flexibility index (Phi) is 3.96. The van der Waals surface area contributed by atoms with Gasteiger partial charge in [-0.1, -0.05) is 0 Å². The number of benzene rings is 1. The normalized spacial score (nSPS) is 13.9. The third-order valence-corrected chi connectivity index (χ3v) is 2.39. The summed E-state index contributed by atoms with van der Waals surface area (Å²) in [7, 11) is -1.48. The van der Waals surface area contributed by atoms with Gasteiger partial charge in [0.15, 0.2) is 0 Å². The highest BCUT2D eigenvalue weighted by Crippen LogP contribution is 2.09. The molecule has 3 nitrogen and oxygen atoms in total. The van der Waals surface area contributed by atoms with Crippen molar-refractivity contribution in [2.75, 3.05) is 0 Å². The lowest BCUT2D eigenvalue weighted by molar-refractivity contribution is -0.0335. The first-order valence-electron chi connectivity index (χ1n) is 4.49. The van der Waals surface area contributed by atoms with Crippen LogP contribution in [0.25, 0.3) is 0 Å². The van der Waals surface area contributed by atoms with E-state index >= 15 is 0 Å². The predicted octanol–water partition coefficient (Wildman–Crippen LogP) is 2.17. The molecule has 1 atom stereocenters. The molecule has 0 heterocycles. The zero-order valence-corrected chi connectivity index (χ0v) is 9.73. The Balaban J connectivity index is 2.58. The van der Waals surface area contributed by atoms with Crippen LogP contribution >= 0.6 is 0 Å². The Hall–Kier alpha value is -0.780. The van der Waals surface area contributed by atoms with E-state index < -0.39 is 16.6 Å². The fraction of sp³-hybridized carbons (Fsp3) is 0.400. The molecule has 1 N–H and O–H groups in total. The third kappa shape index (κ3) is 4.51. The van der Waals surface area contributed by atoms with Crippen LogP contribution in [-0.4, -0.2) is 9.81 Å². The summed E-state index contributed by atoms with van der Waals surface area (Å²) >= 11 is 0. The van der Waals surface area contributed by atoms with Crippen LogP contribution in [0, 0.1) is 5.82 Å². The number of rotatable bonds is 3. The van der Waals surface area contributed by atoms with Gasteiger partial charge in [0, 0.05) is 0 Å². The molecule has 0 aliphatic heterocycles. The fourth-order valence-electron chi connectivity index (χ4n) is 0.769. The van der Waals surface area contributed by atoms with Gasteiger partial charge in [-0.05, 0) is 45.0 Å². The first-order valence-corrected chi connectivity index (χ1v) is 5.64. The zero-order chi connectivity index (χ0) is 11.5. The van der Waals surface area contributed by atoms with E-state index in [4.69, 9.17) is 4.84 Å². The van der Waals surface area contributed by atoms with Gasteiger partial charge in [0.1, 0.15) is 16.8 Å². The van der Waals surface area contributed by atoms with Gasteiger partial charge in [-0.15, -0.1) is 4.89 Å². The van der Waals surface area contributed by atoms with Gasteiger partial charge in [0.2, 0.25) is 0 Å². The quantitative estimate of drug-likeness (QED) is 0.810. The summed E-state index contributed by atoms with van der Waals surface area (Å²) in [4.78, 5) is 8.01. The summed E-state index contributed by atoms with van der Waals surface area (Å²) in [6.45, 7) is 5.51. The van der Waals surface area contributed by atoms with E-state index in [1.54, 1.807) is 0 Å². The Morgan fingerprint density at radius 1 is 1.27 bits per heavy atom. The molecule has 0 saturated carbocycles. The van der Waals surface area contributed by atoms with Crippen molar-refractivity contribution >= 4 is 11.0 Å². The molecule has 5 heteroatoms. The highest BCUT2D eigenvalue weighted by atomic mass is 32.2. The van der Waals surface area contributed by atoms with E-state index in [1.165, 1.54) is 24.3 Å². The first kappa shape index (κ1) is 12.3. The smallest absolute Gasteiger partial charge is 0.148 e. The largest absolute Gasteiger partial charge is 0.283 e. The number of halogens is 1. The van der Waals surface area contributed by atoms with E-state index in [-0.39, 0.29) is 5.82 Å². The van der Waals surface area contributed by atoms with E-state index in [1.807, 2.05) is 20.8 Å². The second-order valence-electron chi connectivity index (χ2n) is 4.02. The van der Waals surface area contributed by atoms with Gasteiger partial charge < -0.3 is 0 Å². The lowest BCUT2D eigenvalue weighted by Gasteiger charge is -2.18. The monoisotopic (exact) mass is 231 g/mol. The Labute approximate surface area is 91.2 Å². The molecule has 1 rings (SSSR count). The zero-order valence-electron chi connectivity index (χ0n) is 8.91. The van der Waals surface area contributed by atoms with E-state index in [0.717, 1.165) is 0 Å². The minimum atomic E-state index is -1.48. The predicted molar refractivity (Wildman–Crippen MR) is 56.8 cm³/mol. The van der Waals surface area contributed by atoms with E-state index in [2.05, 4.69) is 4.89 Å². The van der Waals surface area contributed by atoms with Gasteiger partial charge >= 0.3 is 0 Å². The standard InChI is InChI=1S/C10H14FNO2S/c1-10(2,3)14-12-15(13)9-6-4-8(11)5-7-9/h4-7,12H,1-3H3. The molecule has 0 spiro atoms. The van der Waals surface area contributed by atoms with Gasteiger partial charge in [-0.3, -0.25) is 4.84 Å². The summed E-state index contributed by atoms with van der Waals surface area (Å²) in [5, 5.41) is 0. The van der Waals surface area contributed by atoms with Gasteiger partial charge in [0.25, 0.3) is 0 Å². The average molecular weight is 231 g/mol. The molecular formula is C10H14FNO2S. The van der Waals surface area contributed by atoms with Crippen molar-refractivity contribution in [1.29, 1.82) is 0 Å². The van der Waals surface area contributed by atoms with Crippen LogP contribution in [-0.2, 0) is 15.8 Å². The topological polar surface area (TPSA) is 38.3 Å². The SMILES string of the molecule is CC(C)(C)ONS(=O)c1ccc(F)cc1. The van der Waals surface area contributed by atoms with Gasteiger partial charge in [-0.25, -0.2) is 8.60 Å². The molecule has 0 saturated heterocycles. The summed E-state index contributed by atoms with van der Waals surface area (Å²) in [6.07, 6.45) is 0. The highest BCUT2D eigenvalue weighted by Gasteiger charge is 2.13. The van der Waals surface area contributed by atoms with Crippen LogP contribution in [0.4, 0.5) is 4.39 Å². The van der Waals surface area contributed by atoms with Crippen molar-refractivity contribution in [3.05, 3.63) is 30.1 Å². The van der Waals surface area contributed by atoms with Crippen LogP contribution < -0.4 is 4.89 Å². The van der Waals surface area contributed by atoms with E-state index in [9.17, 15) is 8.60 Å². The minimum absolute atomic E-state index is 0.354. The van der Waals surface area contributed by atoms with Crippen molar-refractivity contribution in [3.8, 4) is 0 Å². The number of hydrogen-bond donors (Lipinski definition) is 1. The molecule has 84 valence electrons. The molecule has 1 unspecified atom stereocenters. The van der Waals surface area contributed by atoms with Crippen LogP contribution in [0.15, 0.2) is 29.2 Å². The highest BCUT2D eigenvalue weighted by molar-refractivity contribution is 7.82. The molecule has 0 fully saturated rings. The van der Waals surface area contributed by atoms with Crippen LogP contribution in [0.5, 0.6) is 0 Å². The van der Waals surface area contributed by atoms with Gasteiger partial charge in [-0.2, -0.15) is 0 Å². The minimum Gasteiger partial charge on any atom is -0.283 e. The molecule has 15 heavy (non-hydrogen) atoms. The van der Waals surface area contributed by atoms with Crippen molar-refractivity contribution < 1.29 is 13.4 Å². The van der Waals surface area contributed by atoms with E-state index in [0.29, 0.717) is 4.90 Å². The molecule has 0 bridgehead atoms. The number of hydrogen-bond acceptors (Lipinski definition) is 2. The molecule has 0 amide bonds. The lowest BCUT2D eigenvalue weighted by atomic mass is 10.2. The van der Waals surface area contributed by atoms with Crippen molar-refractivity contribution in [1.82, 2.24) is 4.89 Å². The summed E-state index contributed by atoms with van der Waals surface area (Å²) in [5.74, 6) is -0.354.